The van der Waals surface area contributed by atoms with Gasteiger partial charge in [0.2, 0.25) is 16.3 Å². The van der Waals surface area contributed by atoms with Gasteiger partial charge in [-0.2, -0.15) is 0 Å². The molecule has 0 spiro atoms. The van der Waals surface area contributed by atoms with Gasteiger partial charge in [0, 0.05) is 114 Å². The van der Waals surface area contributed by atoms with E-state index in [0.717, 1.165) is 57.4 Å². The fourth-order valence-electron chi connectivity index (χ4n) is 10.8. The van der Waals surface area contributed by atoms with Gasteiger partial charge < -0.3 is 69.7 Å². The quantitative estimate of drug-likeness (QED) is 0.0877. The number of hydrogen-bond acceptors (Lipinski definition) is 14. The lowest BCUT2D eigenvalue weighted by Gasteiger charge is -2.38. The summed E-state index contributed by atoms with van der Waals surface area (Å²) in [6.45, 7) is 14.9. The molecule has 1 unspecified atom stereocenters. The molecule has 5 aliphatic rings. The molecule has 11 rings (SSSR count). The highest BCUT2D eigenvalue weighted by atomic mass is 19.1. The van der Waals surface area contributed by atoms with Gasteiger partial charge in [0.15, 0.2) is 23.2 Å². The second-order valence-electron chi connectivity index (χ2n) is 20.3. The second-order valence-corrected chi connectivity index (χ2v) is 20.3. The van der Waals surface area contributed by atoms with Crippen molar-refractivity contribution in [3.63, 3.8) is 0 Å². The molecule has 4 fully saturated rings. The number of anilines is 4. The lowest BCUT2D eigenvalue weighted by Crippen LogP contribution is -2.54. The van der Waals surface area contributed by atoms with E-state index in [0.29, 0.717) is 74.0 Å². The number of aromatic nitrogens is 3. The molecule has 0 bridgehead atoms. The molecule has 3 atom stereocenters. The number of ether oxygens (including phenoxy) is 1. The number of hydrogen-bond donors (Lipinski definition) is 6. The van der Waals surface area contributed by atoms with Crippen LogP contribution in [0.3, 0.4) is 0 Å². The molecular weight excluding hydrogens is 1010 g/mol. The summed E-state index contributed by atoms with van der Waals surface area (Å²) in [5.41, 5.74) is 3.32. The van der Waals surface area contributed by atoms with Gasteiger partial charge in [0.05, 0.1) is 44.7 Å². The summed E-state index contributed by atoms with van der Waals surface area (Å²) in [6, 6.07) is 3.70. The summed E-state index contributed by atoms with van der Waals surface area (Å²) in [4.78, 5) is 79.2. The molecule has 1 saturated carbocycles. The van der Waals surface area contributed by atoms with E-state index in [1.54, 1.807) is 20.1 Å². The number of halogens is 4. The number of carboxylic acid groups (broad SMARTS) is 3. The highest BCUT2D eigenvalue weighted by molar-refractivity contribution is 6.00. The predicted molar refractivity (Wildman–Crippen MR) is 283 cm³/mol. The zero-order valence-electron chi connectivity index (χ0n) is 43.1. The minimum Gasteiger partial charge on any atom is -0.487 e. The van der Waals surface area contributed by atoms with Crippen molar-refractivity contribution in [3.8, 4) is 5.75 Å². The molecule has 0 amide bonds. The van der Waals surface area contributed by atoms with Crippen LogP contribution in [0.15, 0.2) is 51.2 Å². The molecule has 4 aliphatic heterocycles. The van der Waals surface area contributed by atoms with Gasteiger partial charge in [-0.25, -0.2) is 31.9 Å². The molecule has 24 heteroatoms. The Hall–Kier alpha value is -7.70. The standard InChI is InChI=1S/C19H22F2N4O3.C18H20FN3O4.C16H18FN3O3/c1-8-5-24(6-9(2)23-8)17-13(20)15(22)12-16(14(17)21)25(10-3-4-10)7-11(18(12)26)19(27)28;1-10-9-26-17-14-11(16(23)12(18(24)25)8-22(10)14)7-13(19)15(17)21-5-3-20(2)4-6-21;1-2-19-9-11(16(22)23)15(21)10-7-12(17)14(8-13(10)19)20-5-3-18-4-6-20/h7-10,23H,3-6,22H2,1-2H3,(H,27,28);7-8,10H,3-6,9H2,1-2H3,(H,24,25);7-9,18H,2-6H2,1H3,(H,22,23)/t8-,9+;;. The van der Waals surface area contributed by atoms with E-state index in [-0.39, 0.29) is 63.9 Å². The van der Waals surface area contributed by atoms with Crippen molar-refractivity contribution in [1.29, 1.82) is 0 Å². The zero-order chi connectivity index (χ0) is 55.5. The first-order valence-corrected chi connectivity index (χ1v) is 25.5. The first-order chi connectivity index (χ1) is 36.6. The maximum atomic E-state index is 15.6. The number of carbonyl (C=O) groups is 3. The number of nitrogen functional groups attached to an aromatic ring is 1. The lowest BCUT2D eigenvalue weighted by atomic mass is 10.0. The van der Waals surface area contributed by atoms with Crippen LogP contribution in [-0.2, 0) is 6.54 Å². The topological polar surface area (TPSA) is 250 Å². The van der Waals surface area contributed by atoms with Gasteiger partial charge in [-0.1, -0.05) is 0 Å². The summed E-state index contributed by atoms with van der Waals surface area (Å²) in [5, 5.41) is 34.1. The third-order valence-corrected chi connectivity index (χ3v) is 14.8. The summed E-state index contributed by atoms with van der Waals surface area (Å²) >= 11 is 0. The SMILES string of the molecule is CC1COc2c(N3CCN(C)CC3)c(F)cc3c(=O)c(C(=O)O)cn1c23.CCn1cc(C(=O)O)c(=O)c2cc(F)c(N3CCNCC3)cc21.C[C@@H]1CN(c2c(F)c(N)c3c(=O)c(C(=O)O)cn(C4CC4)c3c2F)C[C@H](C)N1. The van der Waals surface area contributed by atoms with Crippen LogP contribution < -0.4 is 52.1 Å². The van der Waals surface area contributed by atoms with E-state index in [9.17, 15) is 47.8 Å². The largest absolute Gasteiger partial charge is 0.487 e. The first kappa shape index (κ1) is 54.1. The van der Waals surface area contributed by atoms with Crippen molar-refractivity contribution in [1.82, 2.24) is 29.2 Å². The molecule has 6 aromatic rings. The Bertz CT molecular complexity index is 3560. The van der Waals surface area contributed by atoms with Gasteiger partial charge in [-0.3, -0.25) is 14.4 Å². The molecule has 3 aromatic carbocycles. The molecule has 3 saturated heterocycles. The van der Waals surface area contributed by atoms with Crippen molar-refractivity contribution in [2.24, 2.45) is 0 Å². The number of nitrogens with two attached hydrogens (primary N) is 1. The molecule has 7 heterocycles. The predicted octanol–water partition coefficient (Wildman–Crippen LogP) is 4.89. The number of likely N-dealkylation sites (N-methyl/N-ethyl adjacent to an activating group) is 1. The number of carboxylic acids is 3. The van der Waals surface area contributed by atoms with Crippen LogP contribution in [0.1, 0.15) is 83.7 Å². The summed E-state index contributed by atoms with van der Waals surface area (Å²) < 4.78 is 71.0. The van der Waals surface area contributed by atoms with Crippen molar-refractivity contribution in [2.45, 2.75) is 71.2 Å². The number of nitrogens with one attached hydrogen (secondary N) is 2. The van der Waals surface area contributed by atoms with E-state index in [1.165, 1.54) is 17.0 Å². The highest BCUT2D eigenvalue weighted by Crippen LogP contribution is 2.44. The number of piperazine rings is 3. The van der Waals surface area contributed by atoms with Crippen LogP contribution in [0.25, 0.3) is 32.7 Å². The Balaban J connectivity index is 0.000000141. The Morgan fingerprint density at radius 1 is 0.688 bits per heavy atom. The lowest BCUT2D eigenvalue weighted by molar-refractivity contribution is 0.0683. The number of pyridine rings is 3. The number of rotatable bonds is 8. The van der Waals surface area contributed by atoms with E-state index in [2.05, 4.69) is 15.5 Å². The van der Waals surface area contributed by atoms with Crippen molar-refractivity contribution in [3.05, 3.63) is 107 Å². The van der Waals surface area contributed by atoms with Crippen molar-refractivity contribution < 1.29 is 52.0 Å². The van der Waals surface area contributed by atoms with Crippen LogP contribution in [0, 0.1) is 23.3 Å². The average Bonchev–Trinajstić information content (AvgIpc) is 4.34. The normalized spacial score (nSPS) is 19.6. The summed E-state index contributed by atoms with van der Waals surface area (Å²) in [6.07, 6.45) is 5.27. The number of nitrogens with zero attached hydrogens (tertiary/aromatic N) is 7. The van der Waals surface area contributed by atoms with Crippen LogP contribution in [-0.4, -0.2) is 143 Å². The maximum absolute atomic E-state index is 15.6. The van der Waals surface area contributed by atoms with Gasteiger partial charge in [0.1, 0.15) is 40.5 Å². The molecule has 410 valence electrons. The molecular formula is C53H60F4N10O10. The van der Waals surface area contributed by atoms with Crippen LogP contribution >= 0.6 is 0 Å². The van der Waals surface area contributed by atoms with E-state index in [1.807, 2.05) is 44.5 Å². The smallest absolute Gasteiger partial charge is 0.341 e. The molecule has 7 N–H and O–H groups in total. The van der Waals surface area contributed by atoms with Gasteiger partial charge >= 0.3 is 17.9 Å². The Morgan fingerprint density at radius 3 is 1.86 bits per heavy atom. The Labute approximate surface area is 437 Å². The number of fused-ring (bicyclic) bond motifs is 2. The molecule has 0 radical (unpaired) electrons. The van der Waals surface area contributed by atoms with E-state index in [4.69, 9.17) is 15.6 Å². The summed E-state index contributed by atoms with van der Waals surface area (Å²) in [7, 11) is 2.02. The molecule has 77 heavy (non-hydrogen) atoms. The third-order valence-electron chi connectivity index (χ3n) is 14.8. The monoisotopic (exact) mass is 1070 g/mol. The van der Waals surface area contributed by atoms with Crippen LogP contribution in [0.2, 0.25) is 0 Å². The molecule has 20 nitrogen and oxygen atoms in total. The van der Waals surface area contributed by atoms with Crippen LogP contribution in [0.4, 0.5) is 40.3 Å². The third kappa shape index (κ3) is 10.1. The van der Waals surface area contributed by atoms with Gasteiger partial charge in [0.25, 0.3) is 0 Å². The molecule has 1 aliphatic carbocycles. The van der Waals surface area contributed by atoms with Crippen molar-refractivity contribution >= 4 is 73.4 Å². The van der Waals surface area contributed by atoms with Crippen molar-refractivity contribution in [2.75, 3.05) is 99.5 Å². The first-order valence-electron chi connectivity index (χ1n) is 25.5. The van der Waals surface area contributed by atoms with Gasteiger partial charge in [-0.05, 0) is 65.8 Å². The minimum absolute atomic E-state index is 0.0134. The molecule has 3 aromatic heterocycles. The maximum Gasteiger partial charge on any atom is 0.341 e. The number of aromatic carboxylic acids is 3. The van der Waals surface area contributed by atoms with E-state index >= 15 is 8.78 Å². The fraction of sp³-hybridized carbons (Fsp3) is 0.434. The Kier molecular flexibility index (Phi) is 15.0. The fourth-order valence-corrected chi connectivity index (χ4v) is 10.8. The highest BCUT2D eigenvalue weighted by Gasteiger charge is 2.35. The summed E-state index contributed by atoms with van der Waals surface area (Å²) in [5.74, 6) is -6.68. The van der Waals surface area contributed by atoms with E-state index < -0.39 is 74.1 Å². The van der Waals surface area contributed by atoms with Gasteiger partial charge in [-0.15, -0.1) is 0 Å². The Morgan fingerprint density at radius 2 is 1.26 bits per heavy atom. The second kappa shape index (κ2) is 21.4. The zero-order valence-corrected chi connectivity index (χ0v) is 43.1. The number of benzene rings is 3. The van der Waals surface area contributed by atoms with Crippen LogP contribution in [0.5, 0.6) is 5.75 Å². The average molecular weight is 1070 g/mol. The minimum atomic E-state index is -1.45. The number of aryl methyl sites for hydroxylation is 1.